The van der Waals surface area contributed by atoms with E-state index in [-0.39, 0.29) is 12.2 Å². The van der Waals surface area contributed by atoms with E-state index >= 15 is 0 Å². The molecule has 0 aliphatic carbocycles. The van der Waals surface area contributed by atoms with Crippen LogP contribution in [0.1, 0.15) is 29.3 Å². The van der Waals surface area contributed by atoms with Crippen molar-refractivity contribution in [2.24, 2.45) is 0 Å². The summed E-state index contributed by atoms with van der Waals surface area (Å²) >= 11 is 0. The Hall–Kier alpha value is -2.16. The summed E-state index contributed by atoms with van der Waals surface area (Å²) in [6.45, 7) is 3.90. The molecule has 0 atom stereocenters. The van der Waals surface area contributed by atoms with Crippen molar-refractivity contribution in [3.63, 3.8) is 0 Å². The molecule has 0 spiro atoms. The van der Waals surface area contributed by atoms with Gasteiger partial charge in [0.25, 0.3) is 0 Å². The van der Waals surface area contributed by atoms with Crippen LogP contribution in [0.3, 0.4) is 0 Å². The zero-order valence-electron chi connectivity index (χ0n) is 11.1. The Balaban J connectivity index is 2.41. The lowest BCUT2D eigenvalue weighted by molar-refractivity contribution is -0.141. The molecule has 0 saturated carbocycles. The molecule has 0 aromatic heterocycles. The molecule has 98 valence electrons. The summed E-state index contributed by atoms with van der Waals surface area (Å²) < 4.78 is 4.83. The van der Waals surface area contributed by atoms with Gasteiger partial charge in [0.2, 0.25) is 0 Å². The van der Waals surface area contributed by atoms with Gasteiger partial charge in [-0.05, 0) is 30.2 Å². The molecule has 0 fully saturated rings. The molecule has 3 heteroatoms. The maximum atomic E-state index is 12.3. The summed E-state index contributed by atoms with van der Waals surface area (Å²) in [5.41, 5.74) is 1.50. The van der Waals surface area contributed by atoms with Crippen LogP contribution >= 0.6 is 0 Å². The molecule has 19 heavy (non-hydrogen) atoms. The highest BCUT2D eigenvalue weighted by Crippen LogP contribution is 2.23. The molecule has 2 aromatic carbocycles. The van der Waals surface area contributed by atoms with Crippen LogP contribution in [0.15, 0.2) is 36.4 Å². The zero-order valence-corrected chi connectivity index (χ0v) is 11.1. The van der Waals surface area contributed by atoms with E-state index in [0.717, 1.165) is 16.3 Å². The van der Waals surface area contributed by atoms with Gasteiger partial charge in [-0.3, -0.25) is 9.59 Å². The number of fused-ring (bicyclic) bond motifs is 1. The van der Waals surface area contributed by atoms with Gasteiger partial charge in [0.1, 0.15) is 6.42 Å². The number of benzene rings is 2. The second kappa shape index (κ2) is 5.65. The number of hydrogen-bond acceptors (Lipinski definition) is 3. The van der Waals surface area contributed by atoms with Crippen LogP contribution in [0.4, 0.5) is 0 Å². The molecule has 0 amide bonds. The van der Waals surface area contributed by atoms with Crippen LogP contribution in [0.5, 0.6) is 0 Å². The number of rotatable bonds is 4. The van der Waals surface area contributed by atoms with Crippen LogP contribution < -0.4 is 0 Å². The number of Topliss-reactive ketones (excluding diaryl/α,β-unsaturated/α-hetero) is 1. The van der Waals surface area contributed by atoms with Crippen LogP contribution in [-0.2, 0) is 9.53 Å². The largest absolute Gasteiger partial charge is 0.466 e. The van der Waals surface area contributed by atoms with Crippen molar-refractivity contribution < 1.29 is 14.3 Å². The summed E-state index contributed by atoms with van der Waals surface area (Å²) in [5, 5.41) is 1.89. The first kappa shape index (κ1) is 13.3. The van der Waals surface area contributed by atoms with E-state index in [1.807, 2.05) is 43.3 Å². The van der Waals surface area contributed by atoms with Crippen molar-refractivity contribution in [3.05, 3.63) is 47.5 Å². The fourth-order valence-electron chi connectivity index (χ4n) is 2.18. The number of ketones is 1. The lowest BCUT2D eigenvalue weighted by Crippen LogP contribution is -2.12. The third-order valence-electron chi connectivity index (χ3n) is 3.03. The van der Waals surface area contributed by atoms with Crippen LogP contribution in [0.25, 0.3) is 10.8 Å². The summed E-state index contributed by atoms with van der Waals surface area (Å²) in [7, 11) is 0. The fourth-order valence-corrected chi connectivity index (χ4v) is 2.18. The molecular weight excluding hydrogens is 240 g/mol. The highest BCUT2D eigenvalue weighted by Gasteiger charge is 2.17. The molecule has 0 aliphatic rings. The van der Waals surface area contributed by atoms with E-state index in [0.29, 0.717) is 12.2 Å². The average Bonchev–Trinajstić information content (AvgIpc) is 2.38. The minimum Gasteiger partial charge on any atom is -0.466 e. The molecule has 0 heterocycles. The monoisotopic (exact) mass is 256 g/mol. The predicted molar refractivity (Wildman–Crippen MR) is 74.3 cm³/mol. The van der Waals surface area contributed by atoms with Crippen molar-refractivity contribution in [2.75, 3.05) is 6.61 Å². The van der Waals surface area contributed by atoms with Gasteiger partial charge in [-0.2, -0.15) is 0 Å². The van der Waals surface area contributed by atoms with E-state index in [4.69, 9.17) is 4.74 Å². The van der Waals surface area contributed by atoms with Gasteiger partial charge in [0.15, 0.2) is 5.78 Å². The van der Waals surface area contributed by atoms with Gasteiger partial charge >= 0.3 is 5.97 Å². The highest BCUT2D eigenvalue weighted by atomic mass is 16.5. The Kier molecular flexibility index (Phi) is 3.95. The minimum absolute atomic E-state index is 0.187. The van der Waals surface area contributed by atoms with Crippen LogP contribution in [-0.4, -0.2) is 18.4 Å². The Morgan fingerprint density at radius 2 is 1.84 bits per heavy atom. The van der Waals surface area contributed by atoms with E-state index in [1.165, 1.54) is 0 Å². The topological polar surface area (TPSA) is 43.4 Å². The van der Waals surface area contributed by atoms with Gasteiger partial charge in [-0.25, -0.2) is 0 Å². The number of aryl methyl sites for hydroxylation is 1. The Bertz CT molecular complexity index is 629. The molecule has 0 bridgehead atoms. The Morgan fingerprint density at radius 1 is 1.11 bits per heavy atom. The number of carbonyl (C=O) groups excluding carboxylic acids is 2. The first-order chi connectivity index (χ1) is 9.13. The van der Waals surface area contributed by atoms with Gasteiger partial charge in [0, 0.05) is 5.56 Å². The molecule has 0 radical (unpaired) electrons. The van der Waals surface area contributed by atoms with Gasteiger partial charge in [-0.15, -0.1) is 0 Å². The number of carbonyl (C=O) groups is 2. The highest BCUT2D eigenvalue weighted by molar-refractivity contribution is 6.14. The van der Waals surface area contributed by atoms with E-state index in [2.05, 4.69) is 0 Å². The van der Waals surface area contributed by atoms with Gasteiger partial charge in [-0.1, -0.05) is 36.4 Å². The molecule has 0 saturated heterocycles. The third-order valence-corrected chi connectivity index (χ3v) is 3.03. The number of hydrogen-bond donors (Lipinski definition) is 0. The number of ether oxygens (including phenoxy) is 1. The Labute approximate surface area is 112 Å². The summed E-state index contributed by atoms with van der Waals surface area (Å²) in [6, 6.07) is 11.6. The fraction of sp³-hybridized carbons (Fsp3) is 0.250. The molecule has 3 nitrogen and oxygen atoms in total. The zero-order chi connectivity index (χ0) is 13.8. The van der Waals surface area contributed by atoms with Crippen molar-refractivity contribution in [2.45, 2.75) is 20.3 Å². The maximum Gasteiger partial charge on any atom is 0.313 e. The minimum atomic E-state index is -0.472. The van der Waals surface area contributed by atoms with Crippen molar-refractivity contribution in [1.29, 1.82) is 0 Å². The smallest absolute Gasteiger partial charge is 0.313 e. The van der Waals surface area contributed by atoms with Crippen LogP contribution in [0, 0.1) is 6.92 Å². The van der Waals surface area contributed by atoms with Crippen molar-refractivity contribution in [1.82, 2.24) is 0 Å². The SMILES string of the molecule is CCOC(=O)CC(=O)c1c(C)ccc2ccccc12. The second-order valence-corrected chi connectivity index (χ2v) is 4.38. The van der Waals surface area contributed by atoms with Crippen molar-refractivity contribution >= 4 is 22.5 Å². The first-order valence-electron chi connectivity index (χ1n) is 6.30. The summed E-state index contributed by atoms with van der Waals surface area (Å²) in [4.78, 5) is 23.7. The Morgan fingerprint density at radius 3 is 2.58 bits per heavy atom. The lowest BCUT2D eigenvalue weighted by atomic mass is 9.95. The first-order valence-corrected chi connectivity index (χ1v) is 6.30. The standard InChI is InChI=1S/C16H16O3/c1-3-19-15(18)10-14(17)16-11(2)8-9-12-6-4-5-7-13(12)16/h4-9H,3,10H2,1-2H3. The molecule has 0 aliphatic heterocycles. The van der Waals surface area contributed by atoms with Crippen molar-refractivity contribution in [3.8, 4) is 0 Å². The molecular formula is C16H16O3. The summed E-state index contributed by atoms with van der Waals surface area (Å²) in [5.74, 6) is -0.660. The number of esters is 1. The molecule has 0 unspecified atom stereocenters. The lowest BCUT2D eigenvalue weighted by Gasteiger charge is -2.09. The third kappa shape index (κ3) is 2.81. The quantitative estimate of drug-likeness (QED) is 0.479. The molecule has 2 aromatic rings. The molecule has 0 N–H and O–H groups in total. The van der Waals surface area contributed by atoms with Gasteiger partial charge < -0.3 is 4.74 Å². The average molecular weight is 256 g/mol. The van der Waals surface area contributed by atoms with E-state index in [9.17, 15) is 9.59 Å². The van der Waals surface area contributed by atoms with E-state index < -0.39 is 5.97 Å². The van der Waals surface area contributed by atoms with Crippen LogP contribution in [0.2, 0.25) is 0 Å². The molecule has 2 rings (SSSR count). The van der Waals surface area contributed by atoms with E-state index in [1.54, 1.807) is 6.92 Å². The van der Waals surface area contributed by atoms with Gasteiger partial charge in [0.05, 0.1) is 6.61 Å². The maximum absolute atomic E-state index is 12.3. The second-order valence-electron chi connectivity index (χ2n) is 4.38. The predicted octanol–water partition coefficient (Wildman–Crippen LogP) is 3.28. The normalized spacial score (nSPS) is 10.4. The summed E-state index contributed by atoms with van der Waals surface area (Å²) in [6.07, 6.45) is -0.206.